The third-order valence-electron chi connectivity index (χ3n) is 2.58. The summed E-state index contributed by atoms with van der Waals surface area (Å²) >= 11 is 8.71. The molecular weight excluding hydrogens is 321 g/mol. The van der Waals surface area contributed by atoms with Gasteiger partial charge in [0.15, 0.2) is 0 Å². The van der Waals surface area contributed by atoms with Crippen molar-refractivity contribution in [3.05, 3.63) is 34.1 Å². The molecule has 5 heteroatoms. The Bertz CT molecular complexity index is 425. The average Bonchev–Trinajstić information content (AvgIpc) is 2.32. The van der Waals surface area contributed by atoms with Gasteiger partial charge in [-0.15, -0.1) is 11.6 Å². The van der Waals surface area contributed by atoms with E-state index in [1.807, 2.05) is 13.8 Å². The quantitative estimate of drug-likeness (QED) is 0.742. The van der Waals surface area contributed by atoms with Crippen LogP contribution in [-0.4, -0.2) is 29.3 Å². The minimum absolute atomic E-state index is 0.0624. The predicted octanol–water partition coefficient (Wildman–Crippen LogP) is 4.07. The normalized spacial score (nSPS) is 10.8. The van der Waals surface area contributed by atoms with Gasteiger partial charge in [-0.1, -0.05) is 0 Å². The Labute approximate surface area is 120 Å². The van der Waals surface area contributed by atoms with E-state index in [0.717, 1.165) is 6.42 Å². The van der Waals surface area contributed by atoms with Crippen LogP contribution in [0.2, 0.25) is 0 Å². The van der Waals surface area contributed by atoms with E-state index in [9.17, 15) is 9.18 Å². The Balaban J connectivity index is 2.91. The highest BCUT2D eigenvalue weighted by Crippen LogP contribution is 2.18. The molecule has 0 fully saturated rings. The Kier molecular flexibility index (Phi) is 6.09. The first kappa shape index (κ1) is 15.4. The van der Waals surface area contributed by atoms with Crippen molar-refractivity contribution in [3.8, 4) is 0 Å². The Morgan fingerprint density at radius 3 is 2.67 bits per heavy atom. The summed E-state index contributed by atoms with van der Waals surface area (Å²) in [5, 5.41) is 0. The SMILES string of the molecule is CC(C)N(CCCCl)C(=O)c1ccc(Br)c(F)c1. The van der Waals surface area contributed by atoms with Gasteiger partial charge in [0.05, 0.1) is 4.47 Å². The topological polar surface area (TPSA) is 20.3 Å². The summed E-state index contributed by atoms with van der Waals surface area (Å²) in [5.41, 5.74) is 0.360. The first-order valence-corrected chi connectivity index (χ1v) is 7.12. The first-order chi connectivity index (χ1) is 8.47. The van der Waals surface area contributed by atoms with E-state index < -0.39 is 5.82 Å². The van der Waals surface area contributed by atoms with Gasteiger partial charge in [0.1, 0.15) is 5.82 Å². The molecule has 1 aromatic carbocycles. The van der Waals surface area contributed by atoms with Crippen molar-refractivity contribution in [1.82, 2.24) is 4.90 Å². The zero-order chi connectivity index (χ0) is 13.7. The zero-order valence-electron chi connectivity index (χ0n) is 10.4. The summed E-state index contributed by atoms with van der Waals surface area (Å²) in [7, 11) is 0. The van der Waals surface area contributed by atoms with Crippen molar-refractivity contribution in [2.45, 2.75) is 26.3 Å². The van der Waals surface area contributed by atoms with Crippen LogP contribution in [0.25, 0.3) is 0 Å². The fraction of sp³-hybridized carbons (Fsp3) is 0.462. The molecule has 0 aromatic heterocycles. The van der Waals surface area contributed by atoms with E-state index >= 15 is 0 Å². The standard InChI is InChI=1S/C13H16BrClFNO/c1-9(2)17(7-3-6-15)13(18)10-4-5-11(14)12(16)8-10/h4-5,8-9H,3,6-7H2,1-2H3. The number of carbonyl (C=O) groups is 1. The maximum atomic E-state index is 13.4. The Hall–Kier alpha value is -0.610. The zero-order valence-corrected chi connectivity index (χ0v) is 12.8. The van der Waals surface area contributed by atoms with E-state index in [1.54, 1.807) is 17.0 Å². The number of benzene rings is 1. The summed E-state index contributed by atoms with van der Waals surface area (Å²) in [4.78, 5) is 14.0. The van der Waals surface area contributed by atoms with Crippen molar-refractivity contribution in [2.24, 2.45) is 0 Å². The van der Waals surface area contributed by atoms with E-state index in [0.29, 0.717) is 22.5 Å². The summed E-state index contributed by atoms with van der Waals surface area (Å²) in [5.74, 6) is -0.0889. The van der Waals surface area contributed by atoms with Crippen LogP contribution in [0, 0.1) is 5.82 Å². The molecule has 0 spiro atoms. The molecule has 1 aromatic rings. The lowest BCUT2D eigenvalue weighted by Gasteiger charge is -2.26. The lowest BCUT2D eigenvalue weighted by molar-refractivity contribution is 0.0706. The Morgan fingerprint density at radius 1 is 1.50 bits per heavy atom. The highest BCUT2D eigenvalue weighted by Gasteiger charge is 2.19. The number of hydrogen-bond acceptors (Lipinski definition) is 1. The molecule has 0 unspecified atom stereocenters. The molecule has 0 bridgehead atoms. The number of alkyl halides is 1. The second-order valence-corrected chi connectivity index (χ2v) is 5.50. The minimum Gasteiger partial charge on any atom is -0.336 e. The van der Waals surface area contributed by atoms with Gasteiger partial charge in [-0.3, -0.25) is 4.79 Å². The van der Waals surface area contributed by atoms with Crippen LogP contribution in [0.15, 0.2) is 22.7 Å². The van der Waals surface area contributed by atoms with Gasteiger partial charge in [-0.2, -0.15) is 0 Å². The third kappa shape index (κ3) is 3.95. The maximum Gasteiger partial charge on any atom is 0.254 e. The number of rotatable bonds is 5. The molecule has 0 aliphatic heterocycles. The number of hydrogen-bond donors (Lipinski definition) is 0. The van der Waals surface area contributed by atoms with E-state index in [4.69, 9.17) is 11.6 Å². The van der Waals surface area contributed by atoms with Gasteiger partial charge in [0.2, 0.25) is 0 Å². The number of halogens is 3. The maximum absolute atomic E-state index is 13.4. The molecule has 18 heavy (non-hydrogen) atoms. The molecule has 1 rings (SSSR count). The van der Waals surface area contributed by atoms with E-state index in [-0.39, 0.29) is 11.9 Å². The molecular formula is C13H16BrClFNO. The fourth-order valence-corrected chi connectivity index (χ4v) is 1.99. The molecule has 0 saturated carbocycles. The van der Waals surface area contributed by atoms with Crippen LogP contribution in [0.5, 0.6) is 0 Å². The van der Waals surface area contributed by atoms with Crippen molar-refractivity contribution >= 4 is 33.4 Å². The third-order valence-corrected chi connectivity index (χ3v) is 3.49. The second-order valence-electron chi connectivity index (χ2n) is 4.26. The van der Waals surface area contributed by atoms with Crippen LogP contribution in [0.3, 0.4) is 0 Å². The van der Waals surface area contributed by atoms with Gasteiger partial charge in [-0.05, 0) is 54.4 Å². The van der Waals surface area contributed by atoms with Crippen molar-refractivity contribution < 1.29 is 9.18 Å². The smallest absolute Gasteiger partial charge is 0.254 e. The van der Waals surface area contributed by atoms with Gasteiger partial charge >= 0.3 is 0 Å². The van der Waals surface area contributed by atoms with Crippen LogP contribution in [0.4, 0.5) is 4.39 Å². The minimum atomic E-state index is -0.429. The second kappa shape index (κ2) is 7.10. The Morgan fingerprint density at radius 2 is 2.17 bits per heavy atom. The lowest BCUT2D eigenvalue weighted by atomic mass is 10.1. The molecule has 0 saturated heterocycles. The monoisotopic (exact) mass is 335 g/mol. The van der Waals surface area contributed by atoms with E-state index in [1.165, 1.54) is 6.07 Å². The predicted molar refractivity (Wildman–Crippen MR) is 75.6 cm³/mol. The average molecular weight is 337 g/mol. The largest absolute Gasteiger partial charge is 0.336 e. The van der Waals surface area contributed by atoms with Crippen molar-refractivity contribution in [1.29, 1.82) is 0 Å². The summed E-state index contributed by atoms with van der Waals surface area (Å²) in [6, 6.07) is 4.48. The van der Waals surface area contributed by atoms with Gasteiger partial charge < -0.3 is 4.90 Å². The summed E-state index contributed by atoms with van der Waals surface area (Å²) in [6.45, 7) is 4.44. The van der Waals surface area contributed by atoms with Gasteiger partial charge in [0, 0.05) is 24.0 Å². The van der Waals surface area contributed by atoms with Crippen molar-refractivity contribution in [2.75, 3.05) is 12.4 Å². The molecule has 0 radical (unpaired) electrons. The fourth-order valence-electron chi connectivity index (χ4n) is 1.62. The van der Waals surface area contributed by atoms with Crippen molar-refractivity contribution in [3.63, 3.8) is 0 Å². The van der Waals surface area contributed by atoms with Gasteiger partial charge in [0.25, 0.3) is 5.91 Å². The van der Waals surface area contributed by atoms with Crippen LogP contribution in [-0.2, 0) is 0 Å². The highest BCUT2D eigenvalue weighted by molar-refractivity contribution is 9.10. The molecule has 0 aliphatic rings. The molecule has 0 heterocycles. The molecule has 100 valence electrons. The number of carbonyl (C=O) groups excluding carboxylic acids is 1. The number of nitrogens with zero attached hydrogens (tertiary/aromatic N) is 1. The molecule has 0 N–H and O–H groups in total. The van der Waals surface area contributed by atoms with Gasteiger partial charge in [-0.25, -0.2) is 4.39 Å². The summed E-state index contributed by atoms with van der Waals surface area (Å²) in [6.07, 6.45) is 0.727. The molecule has 1 amide bonds. The van der Waals surface area contributed by atoms with Crippen LogP contribution >= 0.6 is 27.5 Å². The molecule has 2 nitrogen and oxygen atoms in total. The van der Waals surface area contributed by atoms with E-state index in [2.05, 4.69) is 15.9 Å². The molecule has 0 atom stereocenters. The highest BCUT2D eigenvalue weighted by atomic mass is 79.9. The van der Waals surface area contributed by atoms with Crippen LogP contribution < -0.4 is 0 Å². The molecule has 0 aliphatic carbocycles. The lowest BCUT2D eigenvalue weighted by Crippen LogP contribution is -2.37. The van der Waals surface area contributed by atoms with Crippen LogP contribution in [0.1, 0.15) is 30.6 Å². The number of amides is 1. The summed E-state index contributed by atoms with van der Waals surface area (Å²) < 4.78 is 13.8. The first-order valence-electron chi connectivity index (χ1n) is 5.79.